The van der Waals surface area contributed by atoms with Crippen LogP contribution in [0.25, 0.3) is 0 Å². The predicted octanol–water partition coefficient (Wildman–Crippen LogP) is -0.0273. The highest BCUT2D eigenvalue weighted by Crippen LogP contribution is 2.45. The van der Waals surface area contributed by atoms with Crippen LogP contribution < -0.4 is 15.4 Å². The maximum Gasteiger partial charge on any atom is 0.408 e. The monoisotopic (exact) mass is 442 g/mol. The predicted molar refractivity (Wildman–Crippen MR) is 110 cm³/mol. The van der Waals surface area contributed by atoms with Crippen LogP contribution in [0.4, 0.5) is 4.79 Å². The van der Waals surface area contributed by atoms with Gasteiger partial charge in [0, 0.05) is 18.7 Å². The van der Waals surface area contributed by atoms with Crippen LogP contribution in [-0.2, 0) is 30.1 Å². The Bertz CT molecular complexity index is 765. The first kappa shape index (κ1) is 23.8. The largest absolute Gasteiger partial charge is 0.444 e. The number of likely N-dealkylation sites (tertiary alicyclic amines) is 1. The van der Waals surface area contributed by atoms with Crippen LogP contribution >= 0.6 is 0 Å². The molecule has 0 aromatic rings. The molecule has 3 N–H and O–H groups in total. The highest BCUT2D eigenvalue weighted by atomic mass is 32.2. The number of carbonyl (C=O) groups is 4. The molecule has 1 saturated heterocycles. The molecule has 4 unspecified atom stereocenters. The standard InChI is InChI=1S/C19H30N4O6S/c1-6-12-10-19(12,16(26)22-30(5)28)21-15(25)13-8-7-9-23(13)14(24)11-20-17(27)29-18(2,3)4/h6,12-13H,1,7-11H2,2-5H3,(H,20,27)(H,21,25)(H,22,26). The van der Waals surface area contributed by atoms with Gasteiger partial charge in [-0.1, -0.05) is 6.08 Å². The summed E-state index contributed by atoms with van der Waals surface area (Å²) in [4.78, 5) is 51.0. The Morgan fingerprint density at radius 1 is 1.30 bits per heavy atom. The van der Waals surface area contributed by atoms with Gasteiger partial charge in [-0.25, -0.2) is 9.00 Å². The Morgan fingerprint density at radius 2 is 1.97 bits per heavy atom. The van der Waals surface area contributed by atoms with Gasteiger partial charge in [0.1, 0.15) is 34.7 Å². The average molecular weight is 443 g/mol. The molecule has 1 heterocycles. The summed E-state index contributed by atoms with van der Waals surface area (Å²) in [6.07, 6.45) is 3.60. The molecule has 1 aliphatic heterocycles. The Kier molecular flexibility index (Phi) is 7.27. The van der Waals surface area contributed by atoms with Crippen LogP contribution in [0.2, 0.25) is 0 Å². The van der Waals surface area contributed by atoms with E-state index in [0.29, 0.717) is 25.8 Å². The average Bonchev–Trinajstić information content (AvgIpc) is 3.10. The van der Waals surface area contributed by atoms with E-state index in [9.17, 15) is 23.4 Å². The molecular formula is C19H30N4O6S. The zero-order valence-corrected chi connectivity index (χ0v) is 18.6. The molecule has 168 valence electrons. The van der Waals surface area contributed by atoms with Crippen molar-refractivity contribution in [2.45, 2.75) is 57.2 Å². The van der Waals surface area contributed by atoms with Crippen molar-refractivity contribution in [2.24, 2.45) is 5.92 Å². The van der Waals surface area contributed by atoms with Crippen LogP contribution in [0.15, 0.2) is 12.7 Å². The van der Waals surface area contributed by atoms with Gasteiger partial charge >= 0.3 is 6.09 Å². The van der Waals surface area contributed by atoms with Crippen molar-refractivity contribution in [1.82, 2.24) is 20.3 Å². The van der Waals surface area contributed by atoms with Crippen LogP contribution in [0.5, 0.6) is 0 Å². The second-order valence-corrected chi connectivity index (χ2v) is 9.61. The van der Waals surface area contributed by atoms with Crippen LogP contribution in [0.3, 0.4) is 0 Å². The molecule has 1 saturated carbocycles. The first-order chi connectivity index (χ1) is 13.9. The molecule has 10 nitrogen and oxygen atoms in total. The van der Waals surface area contributed by atoms with Crippen molar-refractivity contribution in [3.63, 3.8) is 0 Å². The summed E-state index contributed by atoms with van der Waals surface area (Å²) in [5.41, 5.74) is -1.89. The molecule has 11 heteroatoms. The molecule has 4 amide bonds. The number of ether oxygens (including phenoxy) is 1. The second kappa shape index (κ2) is 9.15. The third-order valence-electron chi connectivity index (χ3n) is 4.95. The highest BCUT2D eigenvalue weighted by molar-refractivity contribution is 7.82. The fourth-order valence-electron chi connectivity index (χ4n) is 3.46. The van der Waals surface area contributed by atoms with E-state index in [1.54, 1.807) is 26.8 Å². The Labute approximate surface area is 178 Å². The molecule has 4 atom stereocenters. The van der Waals surface area contributed by atoms with Gasteiger partial charge in [0.25, 0.3) is 5.91 Å². The van der Waals surface area contributed by atoms with Gasteiger partial charge in [0.2, 0.25) is 11.8 Å². The van der Waals surface area contributed by atoms with Gasteiger partial charge in [-0.05, 0) is 40.0 Å². The number of amides is 4. The molecule has 0 aromatic carbocycles. The van der Waals surface area contributed by atoms with Gasteiger partial charge in [0.15, 0.2) is 0 Å². The van der Waals surface area contributed by atoms with Gasteiger partial charge in [0.05, 0.1) is 0 Å². The number of hydrogen-bond acceptors (Lipinski definition) is 6. The fraction of sp³-hybridized carbons (Fsp3) is 0.684. The van der Waals surface area contributed by atoms with Crippen molar-refractivity contribution in [1.29, 1.82) is 0 Å². The summed E-state index contributed by atoms with van der Waals surface area (Å²) < 4.78 is 18.8. The topological polar surface area (TPSA) is 134 Å². The third-order valence-corrected chi connectivity index (χ3v) is 5.42. The molecular weight excluding hydrogens is 412 g/mol. The zero-order valence-electron chi connectivity index (χ0n) is 17.8. The fourth-order valence-corrected chi connectivity index (χ4v) is 3.90. The first-order valence-electron chi connectivity index (χ1n) is 9.75. The maximum absolute atomic E-state index is 12.9. The van der Waals surface area contributed by atoms with Crippen LogP contribution in [-0.4, -0.2) is 69.5 Å². The number of rotatable bonds is 7. The van der Waals surface area contributed by atoms with Crippen molar-refractivity contribution in [3.8, 4) is 0 Å². The number of hydrogen-bond donors (Lipinski definition) is 3. The van der Waals surface area contributed by atoms with Crippen molar-refractivity contribution in [3.05, 3.63) is 12.7 Å². The van der Waals surface area contributed by atoms with Gasteiger partial charge in [-0.2, -0.15) is 0 Å². The zero-order chi connectivity index (χ0) is 22.7. The Morgan fingerprint density at radius 3 is 2.50 bits per heavy atom. The second-order valence-electron chi connectivity index (χ2n) is 8.49. The summed E-state index contributed by atoms with van der Waals surface area (Å²) in [6, 6.07) is -0.749. The van der Waals surface area contributed by atoms with E-state index in [0.717, 1.165) is 0 Å². The van der Waals surface area contributed by atoms with E-state index in [-0.39, 0.29) is 12.5 Å². The lowest BCUT2D eigenvalue weighted by atomic mass is 10.1. The number of carbonyl (C=O) groups excluding carboxylic acids is 4. The van der Waals surface area contributed by atoms with Crippen molar-refractivity contribution < 1.29 is 28.1 Å². The molecule has 2 fully saturated rings. The lowest BCUT2D eigenvalue weighted by Crippen LogP contribution is -2.56. The van der Waals surface area contributed by atoms with E-state index in [4.69, 9.17) is 4.74 Å². The quantitative estimate of drug-likeness (QED) is 0.474. The highest BCUT2D eigenvalue weighted by Gasteiger charge is 2.60. The van der Waals surface area contributed by atoms with Crippen LogP contribution in [0.1, 0.15) is 40.0 Å². The molecule has 2 aliphatic rings. The lowest BCUT2D eigenvalue weighted by molar-refractivity contribution is -0.139. The molecule has 0 aromatic heterocycles. The minimum absolute atomic E-state index is 0.274. The van der Waals surface area contributed by atoms with Crippen molar-refractivity contribution in [2.75, 3.05) is 19.3 Å². The summed E-state index contributed by atoms with van der Waals surface area (Å²) >= 11 is 0. The molecule has 30 heavy (non-hydrogen) atoms. The summed E-state index contributed by atoms with van der Waals surface area (Å²) in [5.74, 6) is -1.68. The van der Waals surface area contributed by atoms with E-state index in [2.05, 4.69) is 21.9 Å². The smallest absolute Gasteiger partial charge is 0.408 e. The summed E-state index contributed by atoms with van der Waals surface area (Å²) in [7, 11) is -1.57. The van der Waals surface area contributed by atoms with E-state index < -0.39 is 52.0 Å². The van der Waals surface area contributed by atoms with Crippen LogP contribution in [0, 0.1) is 5.92 Å². The number of nitrogens with zero attached hydrogens (tertiary/aromatic N) is 1. The molecule has 0 radical (unpaired) electrons. The minimum atomic E-state index is -1.57. The SMILES string of the molecule is C=CC1CC1(NC(=O)C1CCCN1C(=O)CNC(=O)OC(C)(C)C)C(=O)NS(C)=O. The molecule has 2 rings (SSSR count). The number of alkyl carbamates (subject to hydrolysis) is 1. The minimum Gasteiger partial charge on any atom is -0.444 e. The Hall–Kier alpha value is -2.43. The van der Waals surface area contributed by atoms with E-state index in [1.165, 1.54) is 11.2 Å². The Balaban J connectivity index is 1.98. The third kappa shape index (κ3) is 5.80. The lowest BCUT2D eigenvalue weighted by Gasteiger charge is -2.27. The van der Waals surface area contributed by atoms with E-state index in [1.807, 2.05) is 0 Å². The molecule has 0 bridgehead atoms. The van der Waals surface area contributed by atoms with E-state index >= 15 is 0 Å². The maximum atomic E-state index is 12.9. The van der Waals surface area contributed by atoms with Crippen molar-refractivity contribution >= 4 is 34.8 Å². The summed E-state index contributed by atoms with van der Waals surface area (Å²) in [5, 5.41) is 5.13. The van der Waals surface area contributed by atoms with Gasteiger partial charge < -0.3 is 20.3 Å². The van der Waals surface area contributed by atoms with Gasteiger partial charge in [-0.3, -0.25) is 19.1 Å². The summed E-state index contributed by atoms with van der Waals surface area (Å²) in [6.45, 7) is 8.88. The first-order valence-corrected chi connectivity index (χ1v) is 11.3. The molecule has 0 spiro atoms. The normalized spacial score (nSPS) is 26.3. The molecule has 1 aliphatic carbocycles. The van der Waals surface area contributed by atoms with Gasteiger partial charge in [-0.15, -0.1) is 6.58 Å². The number of nitrogens with one attached hydrogen (secondary N) is 3.